The van der Waals surface area contributed by atoms with Crippen molar-refractivity contribution in [3.05, 3.63) is 237 Å². The van der Waals surface area contributed by atoms with Crippen LogP contribution in [0.3, 0.4) is 0 Å². The largest absolute Gasteiger partial charge is 0.311 e. The predicted octanol–water partition coefficient (Wildman–Crippen LogP) is 15.8. The Balaban J connectivity index is 1.02. The van der Waals surface area contributed by atoms with Crippen molar-refractivity contribution in [2.24, 2.45) is 0 Å². The van der Waals surface area contributed by atoms with Crippen molar-refractivity contribution in [3.63, 3.8) is 0 Å². The molecule has 0 spiro atoms. The van der Waals surface area contributed by atoms with Crippen molar-refractivity contribution in [1.29, 1.82) is 0 Å². The summed E-state index contributed by atoms with van der Waals surface area (Å²) in [4.78, 5) is 2.35. The molecule has 268 valence electrons. The SMILES string of the molecule is c1ccc(-c2ccc(N(c3ccc(-c4ccc(-c5ccc6ccccc6c5)c(-c5ccccc5)c4)cc3)c3ccc(-c4ccc5ccccc5c4)cc3)cc2)cc1. The first-order valence-corrected chi connectivity index (χ1v) is 19.6. The Bertz CT molecular complexity index is 2970. The van der Waals surface area contributed by atoms with E-state index in [4.69, 9.17) is 0 Å². The van der Waals surface area contributed by atoms with Gasteiger partial charge in [0.15, 0.2) is 0 Å². The van der Waals surface area contributed by atoms with Crippen LogP contribution in [0.2, 0.25) is 0 Å². The van der Waals surface area contributed by atoms with Crippen LogP contribution in [-0.2, 0) is 0 Å². The van der Waals surface area contributed by atoms with E-state index >= 15 is 0 Å². The van der Waals surface area contributed by atoms with Gasteiger partial charge < -0.3 is 4.90 Å². The Morgan fingerprint density at radius 1 is 0.193 bits per heavy atom. The molecule has 0 saturated heterocycles. The van der Waals surface area contributed by atoms with Crippen LogP contribution in [-0.4, -0.2) is 0 Å². The second kappa shape index (κ2) is 15.0. The predicted molar refractivity (Wildman–Crippen MR) is 243 cm³/mol. The number of rotatable bonds is 8. The molecule has 10 rings (SSSR count). The molecule has 0 aliphatic rings. The summed E-state index contributed by atoms with van der Waals surface area (Å²) >= 11 is 0. The molecular weight excluding hydrogens is 687 g/mol. The zero-order valence-electron chi connectivity index (χ0n) is 31.5. The molecule has 0 amide bonds. The van der Waals surface area contributed by atoms with Gasteiger partial charge in [-0.1, -0.05) is 182 Å². The standard InChI is InChI=1S/C56H39N/c1-3-11-40(12-4-1)43-23-30-52(31-24-43)57(53-32-25-44(26-33-53)49-21-19-41-13-7-9-17-47(41)37-49)54-34-27-45(28-35-54)50-29-36-55(56(39-50)46-15-5-2-6-16-46)51-22-20-42-14-8-10-18-48(42)38-51/h1-39H. The summed E-state index contributed by atoms with van der Waals surface area (Å²) in [6.07, 6.45) is 0. The minimum Gasteiger partial charge on any atom is -0.311 e. The van der Waals surface area contributed by atoms with E-state index in [1.807, 2.05) is 0 Å². The minimum atomic E-state index is 1.10. The van der Waals surface area contributed by atoms with Crippen molar-refractivity contribution in [3.8, 4) is 55.6 Å². The van der Waals surface area contributed by atoms with Gasteiger partial charge in [-0.15, -0.1) is 0 Å². The van der Waals surface area contributed by atoms with Gasteiger partial charge in [0, 0.05) is 17.1 Å². The van der Waals surface area contributed by atoms with Crippen LogP contribution in [0.25, 0.3) is 77.2 Å². The molecule has 0 atom stereocenters. The molecule has 1 nitrogen and oxygen atoms in total. The summed E-state index contributed by atoms with van der Waals surface area (Å²) in [5.74, 6) is 0. The van der Waals surface area contributed by atoms with Gasteiger partial charge in [0.2, 0.25) is 0 Å². The third kappa shape index (κ3) is 6.88. The lowest BCUT2D eigenvalue weighted by molar-refractivity contribution is 1.28. The monoisotopic (exact) mass is 725 g/mol. The maximum absolute atomic E-state index is 2.35. The van der Waals surface area contributed by atoms with Gasteiger partial charge in [-0.3, -0.25) is 0 Å². The van der Waals surface area contributed by atoms with E-state index in [0.717, 1.165) is 17.1 Å². The normalized spacial score (nSPS) is 11.2. The van der Waals surface area contributed by atoms with E-state index in [-0.39, 0.29) is 0 Å². The first-order chi connectivity index (χ1) is 28.2. The van der Waals surface area contributed by atoms with Crippen molar-refractivity contribution in [2.45, 2.75) is 0 Å². The van der Waals surface area contributed by atoms with Crippen molar-refractivity contribution >= 4 is 38.6 Å². The van der Waals surface area contributed by atoms with Gasteiger partial charge in [0.25, 0.3) is 0 Å². The zero-order valence-corrected chi connectivity index (χ0v) is 31.5. The maximum Gasteiger partial charge on any atom is 0.0462 e. The van der Waals surface area contributed by atoms with Gasteiger partial charge in [0.05, 0.1) is 0 Å². The number of nitrogens with zero attached hydrogens (tertiary/aromatic N) is 1. The Labute approximate surface area is 334 Å². The number of anilines is 3. The van der Waals surface area contributed by atoms with Gasteiger partial charge in [-0.2, -0.15) is 0 Å². The first kappa shape index (κ1) is 34.0. The molecule has 0 heterocycles. The molecule has 0 saturated carbocycles. The summed E-state index contributed by atoms with van der Waals surface area (Å²) in [6.45, 7) is 0. The van der Waals surface area contributed by atoms with Gasteiger partial charge in [-0.25, -0.2) is 0 Å². The molecule has 0 unspecified atom stereocenters. The number of hydrogen-bond donors (Lipinski definition) is 0. The third-order valence-electron chi connectivity index (χ3n) is 11.1. The molecule has 0 aliphatic heterocycles. The topological polar surface area (TPSA) is 3.24 Å². The molecular formula is C56H39N. The summed E-state index contributed by atoms with van der Waals surface area (Å²) < 4.78 is 0. The molecule has 0 radical (unpaired) electrons. The van der Waals surface area contributed by atoms with Gasteiger partial charge >= 0.3 is 0 Å². The number of fused-ring (bicyclic) bond motifs is 2. The fourth-order valence-electron chi connectivity index (χ4n) is 8.04. The van der Waals surface area contributed by atoms with E-state index in [0.29, 0.717) is 0 Å². The lowest BCUT2D eigenvalue weighted by atomic mass is 9.90. The lowest BCUT2D eigenvalue weighted by Gasteiger charge is -2.26. The quantitative estimate of drug-likeness (QED) is 0.151. The number of hydrogen-bond acceptors (Lipinski definition) is 1. The second-order valence-corrected chi connectivity index (χ2v) is 14.6. The highest BCUT2D eigenvalue weighted by atomic mass is 15.1. The highest BCUT2D eigenvalue weighted by Gasteiger charge is 2.15. The highest BCUT2D eigenvalue weighted by molar-refractivity contribution is 5.93. The lowest BCUT2D eigenvalue weighted by Crippen LogP contribution is -2.09. The maximum atomic E-state index is 2.35. The van der Waals surface area contributed by atoms with Gasteiger partial charge in [0.1, 0.15) is 0 Å². The molecule has 57 heavy (non-hydrogen) atoms. The fourth-order valence-corrected chi connectivity index (χ4v) is 8.04. The van der Waals surface area contributed by atoms with Crippen molar-refractivity contribution in [2.75, 3.05) is 4.90 Å². The average molecular weight is 726 g/mol. The van der Waals surface area contributed by atoms with Crippen LogP contribution >= 0.6 is 0 Å². The van der Waals surface area contributed by atoms with E-state index < -0.39 is 0 Å². The smallest absolute Gasteiger partial charge is 0.0462 e. The summed E-state index contributed by atoms with van der Waals surface area (Å²) in [7, 11) is 0. The highest BCUT2D eigenvalue weighted by Crippen LogP contribution is 2.40. The zero-order chi connectivity index (χ0) is 38.0. The van der Waals surface area contributed by atoms with E-state index in [1.165, 1.54) is 77.2 Å². The number of benzene rings is 10. The second-order valence-electron chi connectivity index (χ2n) is 14.6. The average Bonchev–Trinajstić information content (AvgIpc) is 3.30. The summed E-state index contributed by atoms with van der Waals surface area (Å²) in [5.41, 5.74) is 15.3. The van der Waals surface area contributed by atoms with E-state index in [9.17, 15) is 0 Å². The molecule has 0 bridgehead atoms. The molecule has 0 aliphatic carbocycles. The van der Waals surface area contributed by atoms with Crippen LogP contribution in [0.15, 0.2) is 237 Å². The van der Waals surface area contributed by atoms with Crippen molar-refractivity contribution in [1.82, 2.24) is 0 Å². The fraction of sp³-hybridized carbons (Fsp3) is 0. The van der Waals surface area contributed by atoms with E-state index in [2.05, 4.69) is 241 Å². The van der Waals surface area contributed by atoms with Crippen LogP contribution in [0.1, 0.15) is 0 Å². The van der Waals surface area contributed by atoms with Crippen molar-refractivity contribution < 1.29 is 0 Å². The minimum absolute atomic E-state index is 1.10. The Hall–Kier alpha value is -7.48. The van der Waals surface area contributed by atoms with Crippen LogP contribution in [0.4, 0.5) is 17.1 Å². The van der Waals surface area contributed by atoms with Crippen LogP contribution in [0, 0.1) is 0 Å². The van der Waals surface area contributed by atoms with E-state index in [1.54, 1.807) is 0 Å². The molecule has 10 aromatic carbocycles. The first-order valence-electron chi connectivity index (χ1n) is 19.6. The summed E-state index contributed by atoms with van der Waals surface area (Å²) in [5, 5.41) is 5.00. The molecule has 0 fully saturated rings. The Morgan fingerprint density at radius 2 is 0.544 bits per heavy atom. The molecule has 0 N–H and O–H groups in total. The Kier molecular flexibility index (Phi) is 8.95. The van der Waals surface area contributed by atoms with Gasteiger partial charge in [-0.05, 0) is 132 Å². The molecule has 10 aromatic rings. The van der Waals surface area contributed by atoms with Crippen LogP contribution < -0.4 is 4.90 Å². The third-order valence-corrected chi connectivity index (χ3v) is 11.1. The Morgan fingerprint density at radius 3 is 1.07 bits per heavy atom. The summed E-state index contributed by atoms with van der Waals surface area (Å²) in [6, 6.07) is 85.6. The molecule has 1 heteroatoms. The van der Waals surface area contributed by atoms with Crippen LogP contribution in [0.5, 0.6) is 0 Å². The molecule has 0 aromatic heterocycles.